The molecule has 3 rings (SSSR count). The summed E-state index contributed by atoms with van der Waals surface area (Å²) in [6.07, 6.45) is 1.76. The van der Waals surface area contributed by atoms with E-state index in [-0.39, 0.29) is 23.7 Å². The van der Waals surface area contributed by atoms with Crippen molar-refractivity contribution in [3.05, 3.63) is 80.9 Å². The van der Waals surface area contributed by atoms with Crippen molar-refractivity contribution in [3.63, 3.8) is 0 Å². The molecule has 30 heavy (non-hydrogen) atoms. The van der Waals surface area contributed by atoms with Gasteiger partial charge in [0.2, 0.25) is 0 Å². The van der Waals surface area contributed by atoms with Gasteiger partial charge in [0, 0.05) is 23.4 Å². The van der Waals surface area contributed by atoms with Crippen LogP contribution < -0.4 is 10.3 Å². The predicted octanol–water partition coefficient (Wildman–Crippen LogP) is 3.48. The van der Waals surface area contributed by atoms with Crippen molar-refractivity contribution in [3.8, 4) is 0 Å². The molecule has 1 aliphatic heterocycles. The second-order valence-electron chi connectivity index (χ2n) is 6.00. The number of anilines is 1. The van der Waals surface area contributed by atoms with E-state index in [1.807, 2.05) is 30.3 Å². The summed E-state index contributed by atoms with van der Waals surface area (Å²) in [5.74, 6) is -0.449. The summed E-state index contributed by atoms with van der Waals surface area (Å²) in [6.45, 7) is 1.84. The van der Waals surface area contributed by atoms with Gasteiger partial charge in [-0.1, -0.05) is 30.3 Å². The van der Waals surface area contributed by atoms with Crippen molar-refractivity contribution in [1.29, 1.82) is 5.41 Å². The maximum atomic E-state index is 12.7. The molecule has 0 radical (unpaired) electrons. The highest BCUT2D eigenvalue weighted by Crippen LogP contribution is 2.28. The van der Waals surface area contributed by atoms with Crippen molar-refractivity contribution >= 4 is 40.8 Å². The molecular weight excluding hydrogens is 406 g/mol. The topological polar surface area (TPSA) is 121 Å². The van der Waals surface area contributed by atoms with Gasteiger partial charge in [-0.3, -0.25) is 25.8 Å². The summed E-state index contributed by atoms with van der Waals surface area (Å²) in [5, 5.41) is 24.7. The average Bonchev–Trinajstić information content (AvgIpc) is 2.90. The molecule has 0 saturated heterocycles. The number of amidine groups is 2. The van der Waals surface area contributed by atoms with Crippen molar-refractivity contribution < 1.29 is 14.5 Å². The predicted molar refractivity (Wildman–Crippen MR) is 117 cm³/mol. The number of nitro benzene ring substituents is 1. The van der Waals surface area contributed by atoms with E-state index >= 15 is 0 Å². The zero-order valence-electron chi connectivity index (χ0n) is 16.3. The molecule has 0 amide bonds. The van der Waals surface area contributed by atoms with Gasteiger partial charge in [0.1, 0.15) is 16.4 Å². The minimum atomic E-state index is -0.657. The number of rotatable bonds is 6. The van der Waals surface area contributed by atoms with Crippen molar-refractivity contribution in [2.75, 3.05) is 17.8 Å². The molecule has 10 heteroatoms. The number of carbonyl (C=O) groups excluding carboxylic acids is 1. The molecule has 0 spiro atoms. The molecule has 0 atom stereocenters. The summed E-state index contributed by atoms with van der Waals surface area (Å²) in [4.78, 5) is 24.6. The first-order valence-electron chi connectivity index (χ1n) is 8.96. The molecule has 0 fully saturated rings. The lowest BCUT2D eigenvalue weighted by Gasteiger charge is -2.25. The van der Waals surface area contributed by atoms with Gasteiger partial charge in [0.05, 0.1) is 11.5 Å². The molecule has 2 aromatic carbocycles. The number of hydrogen-bond acceptors (Lipinski definition) is 8. The highest BCUT2D eigenvalue weighted by molar-refractivity contribution is 8.02. The summed E-state index contributed by atoms with van der Waals surface area (Å²) < 4.78 is 5.16. The van der Waals surface area contributed by atoms with Gasteiger partial charge >= 0.3 is 5.97 Å². The minimum Gasteiger partial charge on any atom is -0.462 e. The van der Waals surface area contributed by atoms with Gasteiger partial charge in [0.25, 0.3) is 5.69 Å². The number of benzene rings is 2. The van der Waals surface area contributed by atoms with E-state index in [1.54, 1.807) is 13.2 Å². The zero-order chi connectivity index (χ0) is 21.7. The minimum absolute atomic E-state index is 0.0254. The zero-order valence-corrected chi connectivity index (χ0v) is 17.1. The van der Waals surface area contributed by atoms with E-state index in [1.165, 1.54) is 40.9 Å². The standard InChI is InChI=1S/C20H19N5O4S/c1-3-29-20(26)16-17(21)24(14-9-11-15(12-10-14)25(27)28)18(22-23-19(16)30-2)13-7-5-4-6-8-13/h4-12,21,23H,3H2,1-2H3. The van der Waals surface area contributed by atoms with Crippen LogP contribution in [-0.4, -0.2) is 35.4 Å². The molecule has 0 bridgehead atoms. The Balaban J connectivity index is 2.17. The van der Waals surface area contributed by atoms with Crippen LogP contribution in [0.15, 0.2) is 70.3 Å². The molecule has 2 N–H and O–H groups in total. The van der Waals surface area contributed by atoms with E-state index in [9.17, 15) is 14.9 Å². The second-order valence-corrected chi connectivity index (χ2v) is 6.82. The quantitative estimate of drug-likeness (QED) is 0.413. The van der Waals surface area contributed by atoms with Crippen molar-refractivity contribution in [2.24, 2.45) is 5.10 Å². The molecule has 0 aromatic heterocycles. The van der Waals surface area contributed by atoms with Crippen LogP contribution in [0.4, 0.5) is 11.4 Å². The first kappa shape index (κ1) is 21.1. The lowest BCUT2D eigenvalue weighted by atomic mass is 10.1. The molecule has 1 aliphatic rings. The molecule has 2 aromatic rings. The number of hydrogen-bond donors (Lipinski definition) is 2. The number of nitrogens with one attached hydrogen (secondary N) is 2. The van der Waals surface area contributed by atoms with E-state index in [2.05, 4.69) is 10.5 Å². The van der Waals surface area contributed by atoms with Crippen LogP contribution in [0.25, 0.3) is 0 Å². The third-order valence-electron chi connectivity index (χ3n) is 4.20. The fourth-order valence-corrected chi connectivity index (χ4v) is 3.35. The van der Waals surface area contributed by atoms with Crippen LogP contribution in [-0.2, 0) is 9.53 Å². The maximum absolute atomic E-state index is 12.7. The van der Waals surface area contributed by atoms with Crippen LogP contribution >= 0.6 is 11.8 Å². The SMILES string of the molecule is CCOC(=O)C1=C(SC)NN=C(c2ccccc2)N(c2ccc([N+](=O)[O-])cc2)C1=N. The number of nitrogens with zero attached hydrogens (tertiary/aromatic N) is 3. The molecular formula is C20H19N5O4S. The fourth-order valence-electron chi connectivity index (χ4n) is 2.83. The van der Waals surface area contributed by atoms with E-state index in [4.69, 9.17) is 10.1 Å². The molecule has 154 valence electrons. The van der Waals surface area contributed by atoms with Crippen LogP contribution in [0.2, 0.25) is 0 Å². The molecule has 0 aliphatic carbocycles. The molecule has 1 heterocycles. The Morgan fingerprint density at radius 2 is 1.90 bits per heavy atom. The van der Waals surface area contributed by atoms with Gasteiger partial charge in [0.15, 0.2) is 5.84 Å². The number of hydrazone groups is 1. The normalized spacial score (nSPS) is 14.0. The number of esters is 1. The highest BCUT2D eigenvalue weighted by Gasteiger charge is 2.32. The second kappa shape index (κ2) is 9.23. The maximum Gasteiger partial charge on any atom is 0.344 e. The number of carbonyl (C=O) groups is 1. The van der Waals surface area contributed by atoms with Gasteiger partial charge in [-0.05, 0) is 25.3 Å². The van der Waals surface area contributed by atoms with Crippen LogP contribution in [0.5, 0.6) is 0 Å². The lowest BCUT2D eigenvalue weighted by Crippen LogP contribution is -2.39. The first-order chi connectivity index (χ1) is 14.5. The Kier molecular flexibility index (Phi) is 6.48. The van der Waals surface area contributed by atoms with E-state index in [0.717, 1.165) is 0 Å². The summed E-state index contributed by atoms with van der Waals surface area (Å²) in [5.41, 5.74) is 3.95. The Morgan fingerprint density at radius 1 is 1.23 bits per heavy atom. The number of thioether (sulfide) groups is 1. The molecule has 9 nitrogen and oxygen atoms in total. The van der Waals surface area contributed by atoms with Crippen LogP contribution in [0, 0.1) is 15.5 Å². The molecule has 0 saturated carbocycles. The smallest absolute Gasteiger partial charge is 0.344 e. The van der Waals surface area contributed by atoms with Gasteiger partial charge in [-0.2, -0.15) is 5.10 Å². The van der Waals surface area contributed by atoms with Crippen LogP contribution in [0.1, 0.15) is 12.5 Å². The van der Waals surface area contributed by atoms with Crippen molar-refractivity contribution in [2.45, 2.75) is 6.92 Å². The summed E-state index contributed by atoms with van der Waals surface area (Å²) in [6, 6.07) is 14.9. The Morgan fingerprint density at radius 3 is 2.47 bits per heavy atom. The highest BCUT2D eigenvalue weighted by atomic mass is 32.2. The average molecular weight is 425 g/mol. The first-order valence-corrected chi connectivity index (χ1v) is 10.2. The van der Waals surface area contributed by atoms with Gasteiger partial charge in [-0.25, -0.2) is 4.79 Å². The largest absolute Gasteiger partial charge is 0.462 e. The summed E-state index contributed by atoms with van der Waals surface area (Å²) >= 11 is 1.23. The summed E-state index contributed by atoms with van der Waals surface area (Å²) in [7, 11) is 0. The Hall–Kier alpha value is -3.66. The Bertz CT molecular complexity index is 1030. The van der Waals surface area contributed by atoms with Crippen LogP contribution in [0.3, 0.4) is 0 Å². The van der Waals surface area contributed by atoms with Crippen molar-refractivity contribution in [1.82, 2.24) is 5.43 Å². The fraction of sp³-hybridized carbons (Fsp3) is 0.150. The number of nitro groups is 1. The monoisotopic (exact) mass is 425 g/mol. The number of ether oxygens (including phenoxy) is 1. The van der Waals surface area contributed by atoms with E-state index < -0.39 is 10.9 Å². The third kappa shape index (κ3) is 4.18. The number of non-ortho nitro benzene ring substituents is 1. The molecule has 0 unspecified atom stereocenters. The van der Waals surface area contributed by atoms with Gasteiger partial charge in [-0.15, -0.1) is 11.8 Å². The lowest BCUT2D eigenvalue weighted by molar-refractivity contribution is -0.384. The third-order valence-corrected chi connectivity index (χ3v) is 4.90. The van der Waals surface area contributed by atoms with Gasteiger partial charge < -0.3 is 4.74 Å². The van der Waals surface area contributed by atoms with E-state index in [0.29, 0.717) is 22.1 Å². The Labute approximate surface area is 177 Å².